The van der Waals surface area contributed by atoms with Crippen LogP contribution in [0.4, 0.5) is 10.2 Å². The van der Waals surface area contributed by atoms with E-state index < -0.39 is 11.4 Å². The van der Waals surface area contributed by atoms with Crippen molar-refractivity contribution >= 4 is 22.8 Å². The predicted molar refractivity (Wildman–Crippen MR) is 169 cm³/mol. The number of anilines is 1. The molecule has 4 aromatic rings. The zero-order chi connectivity index (χ0) is 32.1. The van der Waals surface area contributed by atoms with Gasteiger partial charge < -0.3 is 20.1 Å². The molecule has 3 saturated heterocycles. The molecule has 11 nitrogen and oxygen atoms in total. The van der Waals surface area contributed by atoms with Crippen molar-refractivity contribution in [3.63, 3.8) is 0 Å². The number of ether oxygens (including phenoxy) is 2. The van der Waals surface area contributed by atoms with Crippen molar-refractivity contribution in [3.05, 3.63) is 72.3 Å². The number of hydrogen-bond acceptors (Lipinski definition) is 9. The Kier molecular flexibility index (Phi) is 7.45. The first-order valence-electron chi connectivity index (χ1n) is 15.4. The van der Waals surface area contributed by atoms with Gasteiger partial charge in [0.2, 0.25) is 0 Å². The van der Waals surface area contributed by atoms with Crippen molar-refractivity contribution in [2.24, 2.45) is 5.41 Å². The van der Waals surface area contributed by atoms with Crippen molar-refractivity contribution in [1.29, 1.82) is 5.26 Å². The Bertz CT molecular complexity index is 1870. The number of piperidine rings is 1. The topological polar surface area (TPSA) is 135 Å². The first-order chi connectivity index (χ1) is 22.2. The summed E-state index contributed by atoms with van der Waals surface area (Å²) >= 11 is 0. The highest BCUT2D eigenvalue weighted by molar-refractivity contribution is 5.99. The molecule has 3 aliphatic rings. The van der Waals surface area contributed by atoms with Crippen LogP contribution < -0.4 is 10.5 Å². The smallest absolute Gasteiger partial charge is 0.264 e. The number of benzene rings is 2. The lowest BCUT2D eigenvalue weighted by Gasteiger charge is -2.59. The van der Waals surface area contributed by atoms with Crippen LogP contribution in [-0.2, 0) is 9.53 Å². The van der Waals surface area contributed by atoms with Gasteiger partial charge in [-0.3, -0.25) is 9.69 Å². The molecule has 1 spiro atoms. The van der Waals surface area contributed by atoms with Gasteiger partial charge in [-0.1, -0.05) is 18.2 Å². The van der Waals surface area contributed by atoms with E-state index in [0.29, 0.717) is 54.2 Å². The van der Waals surface area contributed by atoms with Crippen LogP contribution in [0, 0.1) is 22.6 Å². The number of carbonyl (C=O) groups excluding carboxylic acids is 1. The number of nitrogens with zero attached hydrogens (tertiary/aromatic N) is 7. The van der Waals surface area contributed by atoms with Gasteiger partial charge in [0.05, 0.1) is 24.6 Å². The predicted octanol–water partition coefficient (Wildman–Crippen LogP) is 4.73. The number of nitrogens with two attached hydrogens (primary N) is 1. The quantitative estimate of drug-likeness (QED) is 0.229. The summed E-state index contributed by atoms with van der Waals surface area (Å²) in [5.74, 6) is 0.268. The Morgan fingerprint density at radius 1 is 1.17 bits per heavy atom. The lowest BCUT2D eigenvalue weighted by molar-refractivity contribution is -0.204. The largest absolute Gasteiger partial charge is 0.457 e. The van der Waals surface area contributed by atoms with E-state index in [-0.39, 0.29) is 34.3 Å². The van der Waals surface area contributed by atoms with Gasteiger partial charge in [-0.15, -0.1) is 0 Å². The molecule has 12 heteroatoms. The third-order valence-corrected chi connectivity index (χ3v) is 9.25. The van der Waals surface area contributed by atoms with Crippen molar-refractivity contribution in [1.82, 2.24) is 29.5 Å². The molecular weight excluding hydrogens is 587 g/mol. The molecule has 2 aromatic heterocycles. The summed E-state index contributed by atoms with van der Waals surface area (Å²) in [4.78, 5) is 26.3. The fourth-order valence-electron chi connectivity index (χ4n) is 6.65. The van der Waals surface area contributed by atoms with Crippen molar-refractivity contribution in [2.45, 2.75) is 38.3 Å². The second-order valence-corrected chi connectivity index (χ2v) is 13.0. The lowest BCUT2D eigenvalue weighted by Crippen LogP contribution is -2.70. The molecule has 3 aliphatic heterocycles. The minimum absolute atomic E-state index is 0.119. The van der Waals surface area contributed by atoms with Crippen LogP contribution in [0.3, 0.4) is 0 Å². The van der Waals surface area contributed by atoms with Crippen LogP contribution in [0.1, 0.15) is 32.7 Å². The summed E-state index contributed by atoms with van der Waals surface area (Å²) in [5.41, 5.74) is 7.19. The Balaban J connectivity index is 1.14. The lowest BCUT2D eigenvalue weighted by atomic mass is 9.75. The summed E-state index contributed by atoms with van der Waals surface area (Å²) in [6, 6.07) is 15.6. The fourth-order valence-corrected chi connectivity index (χ4v) is 6.65. The first-order valence-corrected chi connectivity index (χ1v) is 15.4. The van der Waals surface area contributed by atoms with Gasteiger partial charge in [0.1, 0.15) is 46.8 Å². The highest BCUT2D eigenvalue weighted by Gasteiger charge is 2.52. The zero-order valence-electron chi connectivity index (χ0n) is 25.8. The molecule has 2 aromatic carbocycles. The SMILES string of the molecule is CC(C)(/C=C(/C#N)C(=O)N1CCC[C@H](n2nc(-c3ccc(Oc4ccccc4)cc3F)c3c(N)ncnc32)C1)N1CC2(COC2)C1. The number of likely N-dealkylation sites (tertiary alicyclic amines) is 2. The van der Waals surface area contributed by atoms with Gasteiger partial charge in [0.15, 0.2) is 5.65 Å². The number of hydrogen-bond donors (Lipinski definition) is 1. The van der Waals surface area contributed by atoms with Crippen LogP contribution in [-0.4, -0.2) is 80.4 Å². The standard InChI is InChI=1S/C34H35FN8O3/c1-33(2,42-17-34(18-42)19-45-20-34)14-22(15-36)32(44)41-12-6-7-23(16-41)43-31-28(30(37)38-21-39-31)29(40-43)26-11-10-25(13-27(26)35)46-24-8-4-3-5-9-24/h3-5,8-11,13-14,21,23H,6-7,12,16-20H2,1-2H3,(H2,37,38,39)/b22-14-/t23-/m0/s1. The van der Waals surface area contributed by atoms with E-state index in [1.165, 1.54) is 12.4 Å². The number of para-hydroxylation sites is 1. The van der Waals surface area contributed by atoms with Crippen molar-refractivity contribution in [2.75, 3.05) is 45.1 Å². The average molecular weight is 623 g/mol. The molecule has 7 rings (SSSR count). The van der Waals surface area contributed by atoms with Gasteiger partial charge in [-0.25, -0.2) is 19.0 Å². The van der Waals surface area contributed by atoms with Gasteiger partial charge in [-0.05, 0) is 57.0 Å². The van der Waals surface area contributed by atoms with Gasteiger partial charge in [-0.2, -0.15) is 10.4 Å². The monoisotopic (exact) mass is 622 g/mol. The maximum atomic E-state index is 15.6. The molecule has 0 radical (unpaired) electrons. The highest BCUT2D eigenvalue weighted by atomic mass is 19.1. The van der Waals surface area contributed by atoms with Crippen LogP contribution in [0.2, 0.25) is 0 Å². The zero-order valence-corrected chi connectivity index (χ0v) is 25.8. The third-order valence-electron chi connectivity index (χ3n) is 9.25. The third kappa shape index (κ3) is 5.35. The fraction of sp³-hybridized carbons (Fsp3) is 0.382. The van der Waals surface area contributed by atoms with E-state index in [4.69, 9.17) is 20.3 Å². The van der Waals surface area contributed by atoms with Crippen molar-refractivity contribution in [3.8, 4) is 28.8 Å². The average Bonchev–Trinajstić information content (AvgIpc) is 3.39. The normalized spacial score (nSPS) is 19.8. The minimum Gasteiger partial charge on any atom is -0.457 e. The van der Waals surface area contributed by atoms with E-state index in [9.17, 15) is 10.1 Å². The molecule has 46 heavy (non-hydrogen) atoms. The van der Waals surface area contributed by atoms with E-state index in [1.54, 1.807) is 39.9 Å². The molecule has 0 unspecified atom stereocenters. The molecular formula is C34H35FN8O3. The molecule has 0 saturated carbocycles. The summed E-state index contributed by atoms with van der Waals surface area (Å²) in [6.07, 6.45) is 4.55. The number of amides is 1. The molecule has 2 N–H and O–H groups in total. The van der Waals surface area contributed by atoms with Crippen LogP contribution in [0.5, 0.6) is 11.5 Å². The summed E-state index contributed by atoms with van der Waals surface area (Å²) in [7, 11) is 0. The summed E-state index contributed by atoms with van der Waals surface area (Å²) in [6.45, 7) is 8.20. The maximum Gasteiger partial charge on any atom is 0.264 e. The number of carbonyl (C=O) groups is 1. The van der Waals surface area contributed by atoms with E-state index in [1.807, 2.05) is 32.0 Å². The molecule has 3 fully saturated rings. The van der Waals surface area contributed by atoms with Crippen LogP contribution in [0.25, 0.3) is 22.3 Å². The summed E-state index contributed by atoms with van der Waals surface area (Å²) < 4.78 is 28.5. The number of aromatic nitrogens is 4. The van der Waals surface area contributed by atoms with Gasteiger partial charge in [0, 0.05) is 48.8 Å². The number of nitriles is 1. The van der Waals surface area contributed by atoms with Gasteiger partial charge >= 0.3 is 0 Å². The molecule has 0 bridgehead atoms. The van der Waals surface area contributed by atoms with Crippen molar-refractivity contribution < 1.29 is 18.7 Å². The Morgan fingerprint density at radius 3 is 2.65 bits per heavy atom. The van der Waals surface area contributed by atoms with E-state index in [0.717, 1.165) is 26.3 Å². The summed E-state index contributed by atoms with van der Waals surface area (Å²) in [5, 5.41) is 15.3. The number of nitrogen functional groups attached to an aromatic ring is 1. The Labute approximate surface area is 266 Å². The molecule has 1 atom stereocenters. The maximum absolute atomic E-state index is 15.6. The second kappa shape index (κ2) is 11.5. The molecule has 5 heterocycles. The Hall–Kier alpha value is -4.86. The van der Waals surface area contributed by atoms with Gasteiger partial charge in [0.25, 0.3) is 5.91 Å². The number of rotatable bonds is 7. The Morgan fingerprint density at radius 2 is 1.96 bits per heavy atom. The highest BCUT2D eigenvalue weighted by Crippen LogP contribution is 2.42. The first kappa shape index (κ1) is 29.8. The minimum atomic E-state index is -0.534. The van der Waals surface area contributed by atoms with E-state index >= 15 is 4.39 Å². The molecule has 236 valence electrons. The van der Waals surface area contributed by atoms with Crippen LogP contribution in [0.15, 0.2) is 66.5 Å². The molecule has 0 aliphatic carbocycles. The van der Waals surface area contributed by atoms with Crippen LogP contribution >= 0.6 is 0 Å². The molecule has 1 amide bonds. The number of fused-ring (bicyclic) bond motifs is 1. The van der Waals surface area contributed by atoms with E-state index in [2.05, 4.69) is 20.9 Å². The number of halogens is 1. The second-order valence-electron chi connectivity index (χ2n) is 13.0.